The number of aromatic nitrogens is 3. The Hall–Kier alpha value is -2.91. The number of hydrogen-bond acceptors (Lipinski definition) is 4. The van der Waals surface area contributed by atoms with E-state index >= 15 is 0 Å². The Kier molecular flexibility index (Phi) is 5.41. The van der Waals surface area contributed by atoms with Crippen molar-refractivity contribution in [3.8, 4) is 5.82 Å². The third-order valence-corrected chi connectivity index (χ3v) is 8.66. The molecule has 0 atom stereocenters. The molecule has 0 N–H and O–H groups in total. The van der Waals surface area contributed by atoms with Crippen LogP contribution in [0.15, 0.2) is 41.4 Å². The van der Waals surface area contributed by atoms with E-state index in [1.165, 1.54) is 0 Å². The molecular weight excluding hydrogens is 438 g/mol. The summed E-state index contributed by atoms with van der Waals surface area (Å²) in [6.07, 6.45) is 5.12. The number of amides is 1. The summed E-state index contributed by atoms with van der Waals surface area (Å²) in [5, 5.41) is 4.36. The average molecular weight is 468 g/mol. The third kappa shape index (κ3) is 3.59. The molecule has 2 aliphatic heterocycles. The van der Waals surface area contributed by atoms with E-state index in [-0.39, 0.29) is 5.91 Å². The van der Waals surface area contributed by atoms with Crippen molar-refractivity contribution in [2.75, 3.05) is 24.5 Å². The van der Waals surface area contributed by atoms with Crippen LogP contribution in [-0.4, -0.2) is 52.6 Å². The van der Waals surface area contributed by atoms with E-state index in [9.17, 15) is 13.2 Å². The highest BCUT2D eigenvalue weighted by Crippen LogP contribution is 2.33. The van der Waals surface area contributed by atoms with Crippen LogP contribution in [0.5, 0.6) is 0 Å². The number of sulfonamides is 1. The van der Waals surface area contributed by atoms with Crippen LogP contribution < -0.4 is 4.90 Å². The summed E-state index contributed by atoms with van der Waals surface area (Å²) in [4.78, 5) is 15.7. The fourth-order valence-corrected chi connectivity index (χ4v) is 6.57. The molecule has 33 heavy (non-hydrogen) atoms. The highest BCUT2D eigenvalue weighted by Gasteiger charge is 2.32. The molecule has 1 aromatic carbocycles. The van der Waals surface area contributed by atoms with Gasteiger partial charge >= 0.3 is 0 Å². The first-order valence-corrected chi connectivity index (χ1v) is 12.9. The molecule has 3 aromatic rings. The van der Waals surface area contributed by atoms with Crippen LogP contribution in [0.25, 0.3) is 5.82 Å². The van der Waals surface area contributed by atoms with Crippen LogP contribution >= 0.6 is 0 Å². The summed E-state index contributed by atoms with van der Waals surface area (Å²) in [5.74, 6) is 0.605. The number of fused-ring (bicyclic) bond motifs is 1. The quantitative estimate of drug-likeness (QED) is 0.590. The first-order chi connectivity index (χ1) is 15.8. The summed E-state index contributed by atoms with van der Waals surface area (Å²) >= 11 is 0. The highest BCUT2D eigenvalue weighted by atomic mass is 32.2. The van der Waals surface area contributed by atoms with Crippen LogP contribution in [0.1, 0.15) is 46.6 Å². The maximum Gasteiger partial charge on any atom is 0.263 e. The van der Waals surface area contributed by atoms with Crippen LogP contribution in [0, 0.1) is 13.8 Å². The Balaban J connectivity index is 1.47. The Bertz CT molecular complexity index is 1310. The first-order valence-electron chi connectivity index (χ1n) is 11.4. The lowest BCUT2D eigenvalue weighted by Gasteiger charge is -2.26. The number of benzene rings is 1. The number of nitrogens with zero attached hydrogens (tertiary/aromatic N) is 5. The first kappa shape index (κ1) is 21.9. The monoisotopic (exact) mass is 467 g/mol. The van der Waals surface area contributed by atoms with E-state index in [0.717, 1.165) is 47.7 Å². The molecule has 0 bridgehead atoms. The van der Waals surface area contributed by atoms with Crippen molar-refractivity contribution in [2.24, 2.45) is 7.05 Å². The summed E-state index contributed by atoms with van der Waals surface area (Å²) < 4.78 is 31.5. The molecular formula is C24H29N5O3S. The van der Waals surface area contributed by atoms with Crippen molar-refractivity contribution >= 4 is 21.6 Å². The molecule has 174 valence electrons. The molecule has 0 aliphatic carbocycles. The predicted molar refractivity (Wildman–Crippen MR) is 126 cm³/mol. The van der Waals surface area contributed by atoms with Gasteiger partial charge in [0.05, 0.1) is 11.1 Å². The minimum Gasteiger partial charge on any atom is -0.308 e. The fraction of sp³-hybridized carbons (Fsp3) is 0.417. The van der Waals surface area contributed by atoms with Gasteiger partial charge in [0.2, 0.25) is 10.0 Å². The number of aryl methyl sites for hydroxylation is 3. The van der Waals surface area contributed by atoms with Crippen LogP contribution in [0.4, 0.5) is 5.69 Å². The van der Waals surface area contributed by atoms with Gasteiger partial charge in [-0.2, -0.15) is 9.40 Å². The maximum absolute atomic E-state index is 13.6. The second kappa shape index (κ2) is 8.14. The van der Waals surface area contributed by atoms with E-state index in [4.69, 9.17) is 0 Å². The maximum atomic E-state index is 13.6. The molecule has 0 unspecified atom stereocenters. The highest BCUT2D eigenvalue weighted by molar-refractivity contribution is 7.89. The van der Waals surface area contributed by atoms with Crippen molar-refractivity contribution < 1.29 is 13.2 Å². The number of anilines is 1. The van der Waals surface area contributed by atoms with Crippen molar-refractivity contribution in [3.63, 3.8) is 0 Å². The Morgan fingerprint density at radius 2 is 1.67 bits per heavy atom. The zero-order valence-corrected chi connectivity index (χ0v) is 20.1. The summed E-state index contributed by atoms with van der Waals surface area (Å²) in [7, 11) is -1.67. The van der Waals surface area contributed by atoms with Gasteiger partial charge in [0.1, 0.15) is 11.4 Å². The standard InChI is InChI=1S/C24H29N5O3S/c1-17-7-8-18(2)29(17)23-21(16-25-26(23)3)24(30)28-14-11-19-15-20(9-10-22(19)28)33(31,32)27-12-5-4-6-13-27/h7-10,15-16H,4-6,11-14H2,1-3H3. The summed E-state index contributed by atoms with van der Waals surface area (Å²) in [5.41, 5.74) is 4.24. The van der Waals surface area contributed by atoms with Gasteiger partial charge in [0.15, 0.2) is 0 Å². The van der Waals surface area contributed by atoms with Crippen molar-refractivity contribution in [2.45, 2.75) is 44.4 Å². The van der Waals surface area contributed by atoms with E-state index in [1.807, 2.05) is 37.6 Å². The topological polar surface area (TPSA) is 80.4 Å². The van der Waals surface area contributed by atoms with E-state index in [1.54, 1.807) is 38.3 Å². The number of hydrogen-bond donors (Lipinski definition) is 0. The summed E-state index contributed by atoms with van der Waals surface area (Å²) in [6, 6.07) is 9.20. The van der Waals surface area contributed by atoms with Crippen LogP contribution in [0.3, 0.4) is 0 Å². The van der Waals surface area contributed by atoms with Gasteiger partial charge in [0.25, 0.3) is 5.91 Å². The Morgan fingerprint density at radius 1 is 0.970 bits per heavy atom. The number of rotatable bonds is 4. The normalized spacial score (nSPS) is 16.9. The average Bonchev–Trinajstić information content (AvgIpc) is 3.50. The molecule has 1 amide bonds. The molecule has 2 aromatic heterocycles. The molecule has 1 saturated heterocycles. The zero-order valence-electron chi connectivity index (χ0n) is 19.3. The molecule has 0 spiro atoms. The van der Waals surface area contributed by atoms with Gasteiger partial charge in [-0.15, -0.1) is 0 Å². The summed E-state index contributed by atoms with van der Waals surface area (Å²) in [6.45, 7) is 5.67. The smallest absolute Gasteiger partial charge is 0.263 e. The van der Waals surface area contributed by atoms with Gasteiger partial charge in [0, 0.05) is 43.8 Å². The molecule has 2 aliphatic rings. The minimum absolute atomic E-state index is 0.129. The van der Waals surface area contributed by atoms with Gasteiger partial charge in [-0.1, -0.05) is 6.42 Å². The fourth-order valence-electron chi connectivity index (χ4n) is 5.00. The molecule has 1 fully saturated rings. The third-order valence-electron chi connectivity index (χ3n) is 6.77. The van der Waals surface area contributed by atoms with E-state index in [2.05, 4.69) is 5.10 Å². The molecule has 4 heterocycles. The number of carbonyl (C=O) groups is 1. The second-order valence-electron chi connectivity index (χ2n) is 8.92. The van der Waals surface area contributed by atoms with Crippen molar-refractivity contribution in [1.82, 2.24) is 18.7 Å². The minimum atomic E-state index is -3.50. The van der Waals surface area contributed by atoms with Gasteiger partial charge in [-0.3, -0.25) is 9.48 Å². The SMILES string of the molecule is Cc1ccc(C)n1-c1c(C(=O)N2CCc3cc(S(=O)(=O)N4CCCCC4)ccc32)cnn1C. The predicted octanol–water partition coefficient (Wildman–Crippen LogP) is 3.21. The molecule has 9 heteroatoms. The molecule has 0 saturated carbocycles. The van der Waals surface area contributed by atoms with Crippen molar-refractivity contribution in [3.05, 3.63) is 59.0 Å². The molecule has 8 nitrogen and oxygen atoms in total. The van der Waals surface area contributed by atoms with Gasteiger partial charge < -0.3 is 9.47 Å². The van der Waals surface area contributed by atoms with Gasteiger partial charge in [-0.25, -0.2) is 8.42 Å². The lowest BCUT2D eigenvalue weighted by atomic mass is 10.2. The number of carbonyl (C=O) groups excluding carboxylic acids is 1. The lowest BCUT2D eigenvalue weighted by Crippen LogP contribution is -2.35. The Labute approximate surface area is 194 Å². The van der Waals surface area contributed by atoms with Crippen LogP contribution in [0.2, 0.25) is 0 Å². The van der Waals surface area contributed by atoms with E-state index < -0.39 is 10.0 Å². The lowest BCUT2D eigenvalue weighted by molar-refractivity contribution is 0.0989. The molecule has 0 radical (unpaired) electrons. The van der Waals surface area contributed by atoms with E-state index in [0.29, 0.717) is 36.5 Å². The second-order valence-corrected chi connectivity index (χ2v) is 10.9. The largest absolute Gasteiger partial charge is 0.308 e. The zero-order chi connectivity index (χ0) is 23.3. The molecule has 5 rings (SSSR count). The number of piperidine rings is 1. The van der Waals surface area contributed by atoms with Crippen molar-refractivity contribution in [1.29, 1.82) is 0 Å². The van der Waals surface area contributed by atoms with Gasteiger partial charge in [-0.05, 0) is 69.0 Å². The Morgan fingerprint density at radius 3 is 2.36 bits per heavy atom. The van der Waals surface area contributed by atoms with Crippen LogP contribution in [-0.2, 0) is 23.5 Å².